The minimum absolute atomic E-state index is 0.763. The summed E-state index contributed by atoms with van der Waals surface area (Å²) < 4.78 is 2.17. The van der Waals surface area contributed by atoms with Crippen molar-refractivity contribution in [1.29, 1.82) is 0 Å². The second-order valence-corrected chi connectivity index (χ2v) is 5.19. The van der Waals surface area contributed by atoms with Crippen LogP contribution >= 0.6 is 0 Å². The summed E-state index contributed by atoms with van der Waals surface area (Å²) in [5.41, 5.74) is 0. The highest BCUT2D eigenvalue weighted by molar-refractivity contribution is 4.81. The van der Waals surface area contributed by atoms with Gasteiger partial charge in [0.2, 0.25) is 0 Å². The minimum Gasteiger partial charge on any atom is -0.337 e. The zero-order valence-corrected chi connectivity index (χ0v) is 11.5. The zero-order chi connectivity index (χ0) is 12.6. The lowest BCUT2D eigenvalue weighted by atomic mass is 10.2. The molecule has 1 aromatic heterocycles. The van der Waals surface area contributed by atoms with Gasteiger partial charge in [0.15, 0.2) is 0 Å². The van der Waals surface area contributed by atoms with E-state index in [9.17, 15) is 0 Å². The van der Waals surface area contributed by atoms with Gasteiger partial charge in [-0.2, -0.15) is 0 Å². The lowest BCUT2D eigenvalue weighted by Gasteiger charge is -2.24. The maximum absolute atomic E-state index is 4.08. The zero-order valence-electron chi connectivity index (χ0n) is 11.5. The Morgan fingerprint density at radius 2 is 2.33 bits per heavy atom. The van der Waals surface area contributed by atoms with Gasteiger partial charge in [-0.3, -0.25) is 4.90 Å². The van der Waals surface area contributed by atoms with E-state index in [0.29, 0.717) is 0 Å². The Bertz CT molecular complexity index is 310. The predicted molar refractivity (Wildman–Crippen MR) is 74.6 cm³/mol. The van der Waals surface area contributed by atoms with Crippen LogP contribution in [0.15, 0.2) is 18.7 Å². The topological polar surface area (TPSA) is 33.1 Å². The van der Waals surface area contributed by atoms with Crippen LogP contribution in [-0.2, 0) is 6.54 Å². The molecule has 1 aliphatic heterocycles. The Morgan fingerprint density at radius 3 is 3.11 bits per heavy atom. The van der Waals surface area contributed by atoms with Crippen LogP contribution in [0.5, 0.6) is 0 Å². The number of hydrogen-bond acceptors (Lipinski definition) is 3. The first kappa shape index (κ1) is 13.6. The predicted octanol–water partition coefficient (Wildman–Crippen LogP) is 1.74. The Kier molecular flexibility index (Phi) is 5.68. The molecule has 2 heterocycles. The molecule has 0 saturated carbocycles. The molecule has 0 radical (unpaired) electrons. The van der Waals surface area contributed by atoms with Crippen LogP contribution in [0, 0.1) is 0 Å². The first-order valence-electron chi connectivity index (χ1n) is 7.30. The summed E-state index contributed by atoms with van der Waals surface area (Å²) in [5.74, 6) is 0. The molecule has 4 heteroatoms. The molecule has 0 spiro atoms. The van der Waals surface area contributed by atoms with E-state index in [2.05, 4.69) is 26.7 Å². The molecule has 0 aromatic carbocycles. The van der Waals surface area contributed by atoms with Crippen LogP contribution in [0.3, 0.4) is 0 Å². The van der Waals surface area contributed by atoms with E-state index in [0.717, 1.165) is 19.1 Å². The number of hydrogen-bond donors (Lipinski definition) is 1. The smallest absolute Gasteiger partial charge is 0.0945 e. The van der Waals surface area contributed by atoms with E-state index in [-0.39, 0.29) is 0 Å². The molecular weight excluding hydrogens is 224 g/mol. The fourth-order valence-electron chi connectivity index (χ4n) is 2.74. The van der Waals surface area contributed by atoms with E-state index in [1.165, 1.54) is 45.3 Å². The van der Waals surface area contributed by atoms with E-state index >= 15 is 0 Å². The van der Waals surface area contributed by atoms with Gasteiger partial charge in [-0.1, -0.05) is 6.92 Å². The van der Waals surface area contributed by atoms with Crippen molar-refractivity contribution in [1.82, 2.24) is 19.8 Å². The molecule has 1 aromatic rings. The highest BCUT2D eigenvalue weighted by Gasteiger charge is 2.23. The molecule has 0 aliphatic carbocycles. The van der Waals surface area contributed by atoms with Crippen molar-refractivity contribution in [3.05, 3.63) is 18.7 Å². The second-order valence-electron chi connectivity index (χ2n) is 5.19. The summed E-state index contributed by atoms with van der Waals surface area (Å²) in [5, 5.41) is 3.55. The summed E-state index contributed by atoms with van der Waals surface area (Å²) in [6.07, 6.45) is 11.0. The minimum atomic E-state index is 0.763. The first-order valence-corrected chi connectivity index (χ1v) is 7.30. The summed E-state index contributed by atoms with van der Waals surface area (Å²) >= 11 is 0. The summed E-state index contributed by atoms with van der Waals surface area (Å²) in [6.45, 7) is 8.13. The number of imidazole rings is 1. The Hall–Kier alpha value is -0.870. The molecular formula is C14H26N4. The van der Waals surface area contributed by atoms with Crippen LogP contribution < -0.4 is 5.32 Å². The van der Waals surface area contributed by atoms with Gasteiger partial charge in [-0.15, -0.1) is 0 Å². The molecule has 1 aliphatic rings. The van der Waals surface area contributed by atoms with Gasteiger partial charge in [-0.25, -0.2) is 4.98 Å². The van der Waals surface area contributed by atoms with Gasteiger partial charge in [0.05, 0.1) is 6.33 Å². The number of rotatable bonds is 8. The molecule has 0 bridgehead atoms. The van der Waals surface area contributed by atoms with E-state index < -0.39 is 0 Å². The van der Waals surface area contributed by atoms with Gasteiger partial charge in [0.25, 0.3) is 0 Å². The quantitative estimate of drug-likeness (QED) is 0.713. The van der Waals surface area contributed by atoms with Crippen molar-refractivity contribution >= 4 is 0 Å². The van der Waals surface area contributed by atoms with Crippen molar-refractivity contribution in [3.8, 4) is 0 Å². The van der Waals surface area contributed by atoms with E-state index in [1.807, 2.05) is 18.7 Å². The molecule has 1 saturated heterocycles. The standard InChI is InChI=1S/C14H26N4/c1-2-6-15-12-14-5-3-9-18(14)10-4-8-17-11-7-16-13-17/h7,11,13-15H,2-6,8-10,12H2,1H3. The maximum atomic E-state index is 4.08. The Labute approximate surface area is 110 Å². The third-order valence-electron chi connectivity index (χ3n) is 3.73. The van der Waals surface area contributed by atoms with Crippen molar-refractivity contribution in [3.63, 3.8) is 0 Å². The highest BCUT2D eigenvalue weighted by atomic mass is 15.2. The average molecular weight is 250 g/mol. The van der Waals surface area contributed by atoms with Gasteiger partial charge in [0, 0.05) is 38.1 Å². The Balaban J connectivity index is 1.64. The molecule has 0 amide bonds. The number of nitrogens with one attached hydrogen (secondary N) is 1. The fourth-order valence-corrected chi connectivity index (χ4v) is 2.74. The van der Waals surface area contributed by atoms with Crippen LogP contribution in [-0.4, -0.2) is 46.7 Å². The summed E-state index contributed by atoms with van der Waals surface area (Å²) in [7, 11) is 0. The average Bonchev–Trinajstić information content (AvgIpc) is 3.02. The van der Waals surface area contributed by atoms with Gasteiger partial charge in [0.1, 0.15) is 0 Å². The van der Waals surface area contributed by atoms with Crippen LogP contribution in [0.4, 0.5) is 0 Å². The lowest BCUT2D eigenvalue weighted by Crippen LogP contribution is -2.38. The van der Waals surface area contributed by atoms with E-state index in [1.54, 1.807) is 0 Å². The first-order chi connectivity index (χ1) is 8.90. The fraction of sp³-hybridized carbons (Fsp3) is 0.786. The maximum Gasteiger partial charge on any atom is 0.0945 e. The van der Waals surface area contributed by atoms with Gasteiger partial charge >= 0.3 is 0 Å². The summed E-state index contributed by atoms with van der Waals surface area (Å²) in [4.78, 5) is 6.73. The third kappa shape index (κ3) is 4.10. The van der Waals surface area contributed by atoms with Crippen LogP contribution in [0.1, 0.15) is 32.6 Å². The normalized spacial score (nSPS) is 20.6. The van der Waals surface area contributed by atoms with Crippen molar-refractivity contribution < 1.29 is 0 Å². The molecule has 2 rings (SSSR count). The summed E-state index contributed by atoms with van der Waals surface area (Å²) in [6, 6.07) is 0.763. The molecule has 18 heavy (non-hydrogen) atoms. The molecule has 1 fully saturated rings. The largest absolute Gasteiger partial charge is 0.337 e. The highest BCUT2D eigenvalue weighted by Crippen LogP contribution is 2.16. The number of likely N-dealkylation sites (tertiary alicyclic amines) is 1. The van der Waals surface area contributed by atoms with Crippen LogP contribution in [0.25, 0.3) is 0 Å². The Morgan fingerprint density at radius 1 is 1.39 bits per heavy atom. The molecule has 1 unspecified atom stereocenters. The monoisotopic (exact) mass is 250 g/mol. The van der Waals surface area contributed by atoms with Crippen LogP contribution in [0.2, 0.25) is 0 Å². The second kappa shape index (κ2) is 7.54. The molecule has 4 nitrogen and oxygen atoms in total. The van der Waals surface area contributed by atoms with Crippen molar-refractivity contribution in [2.24, 2.45) is 0 Å². The number of aryl methyl sites for hydroxylation is 1. The molecule has 1 N–H and O–H groups in total. The van der Waals surface area contributed by atoms with Gasteiger partial charge in [-0.05, 0) is 38.8 Å². The number of nitrogens with zero attached hydrogens (tertiary/aromatic N) is 3. The van der Waals surface area contributed by atoms with Crippen molar-refractivity contribution in [2.45, 2.75) is 45.2 Å². The van der Waals surface area contributed by atoms with Crippen molar-refractivity contribution in [2.75, 3.05) is 26.2 Å². The third-order valence-corrected chi connectivity index (χ3v) is 3.73. The SMILES string of the molecule is CCCNCC1CCCN1CCCn1ccnc1. The lowest BCUT2D eigenvalue weighted by molar-refractivity contribution is 0.240. The van der Waals surface area contributed by atoms with Gasteiger partial charge < -0.3 is 9.88 Å². The van der Waals surface area contributed by atoms with E-state index in [4.69, 9.17) is 0 Å². The molecule has 1 atom stereocenters. The number of aromatic nitrogens is 2. The molecule has 102 valence electrons.